The number of fused-ring (bicyclic) bond motifs is 1. The maximum Gasteiger partial charge on any atom is 0.573 e. The molecule has 0 spiro atoms. The van der Waals surface area contributed by atoms with Gasteiger partial charge in [-0.05, 0) is 36.4 Å². The van der Waals surface area contributed by atoms with Crippen molar-refractivity contribution in [3.63, 3.8) is 0 Å². The molecule has 1 amide bonds. The highest BCUT2D eigenvalue weighted by Crippen LogP contribution is 2.45. The van der Waals surface area contributed by atoms with Crippen molar-refractivity contribution >= 4 is 40.8 Å². The Kier molecular flexibility index (Phi) is 8.67. The number of ether oxygens (including phenoxy) is 4. The van der Waals surface area contributed by atoms with Gasteiger partial charge in [-0.3, -0.25) is 9.59 Å². The fraction of sp³-hybridized carbons (Fsp3) is 0.259. The van der Waals surface area contributed by atoms with Gasteiger partial charge in [0.25, 0.3) is 5.91 Å². The summed E-state index contributed by atoms with van der Waals surface area (Å²) in [4.78, 5) is 26.9. The first kappa shape index (κ1) is 29.3. The van der Waals surface area contributed by atoms with Gasteiger partial charge in [-0.1, -0.05) is 35.3 Å². The first-order valence-corrected chi connectivity index (χ1v) is 12.4. The van der Waals surface area contributed by atoms with Crippen molar-refractivity contribution in [1.29, 1.82) is 0 Å². The van der Waals surface area contributed by atoms with Gasteiger partial charge in [0.15, 0.2) is 0 Å². The maximum absolute atomic E-state index is 13.8. The number of aliphatic carboxylic acids is 1. The molecule has 8 nitrogen and oxygen atoms in total. The van der Waals surface area contributed by atoms with Crippen molar-refractivity contribution in [3.05, 3.63) is 81.3 Å². The average Bonchev–Trinajstić information content (AvgIpc) is 2.99. The lowest BCUT2D eigenvalue weighted by atomic mass is 9.98. The molecule has 1 aliphatic heterocycles. The van der Waals surface area contributed by atoms with Crippen LogP contribution in [-0.2, 0) is 20.9 Å². The highest BCUT2D eigenvalue weighted by atomic mass is 35.5. The minimum Gasteiger partial charge on any atom is -0.497 e. The fourth-order valence-electron chi connectivity index (χ4n) is 4.35. The topological polar surface area (TPSA) is 94.5 Å². The Morgan fingerprint density at radius 1 is 1.02 bits per heavy atom. The molecular formula is C27H22Cl2F3NO7. The number of rotatable bonds is 8. The SMILES string of the molecule is COc1ccc(CN2C(=O)[C@H](CC(=O)O)O[C@@H](c3cccc(OC(F)(F)F)c3Cl)c3cc(Cl)ccc32)c(OC)c1. The van der Waals surface area contributed by atoms with Crippen LogP contribution in [0.25, 0.3) is 0 Å². The number of nitrogens with zero attached hydrogens (tertiary/aromatic N) is 1. The molecule has 3 aromatic rings. The molecule has 212 valence electrons. The Morgan fingerprint density at radius 3 is 2.42 bits per heavy atom. The van der Waals surface area contributed by atoms with E-state index >= 15 is 0 Å². The second kappa shape index (κ2) is 11.8. The van der Waals surface area contributed by atoms with E-state index in [2.05, 4.69) is 4.74 Å². The summed E-state index contributed by atoms with van der Waals surface area (Å²) in [7, 11) is 2.93. The number of anilines is 1. The minimum atomic E-state index is -5.02. The second-order valence-corrected chi connectivity index (χ2v) is 9.43. The molecule has 0 fully saturated rings. The minimum absolute atomic E-state index is 0.0130. The number of hydrogen-bond acceptors (Lipinski definition) is 6. The van der Waals surface area contributed by atoms with E-state index in [1.54, 1.807) is 18.2 Å². The number of benzene rings is 3. The molecule has 0 saturated carbocycles. The molecule has 0 bridgehead atoms. The smallest absolute Gasteiger partial charge is 0.497 e. The quantitative estimate of drug-likeness (QED) is 0.320. The summed E-state index contributed by atoms with van der Waals surface area (Å²) in [6.45, 7) is -0.0716. The summed E-state index contributed by atoms with van der Waals surface area (Å²) in [6.07, 6.45) is -8.58. The third kappa shape index (κ3) is 6.38. The second-order valence-electron chi connectivity index (χ2n) is 8.62. The number of hydrogen-bond donors (Lipinski definition) is 1. The monoisotopic (exact) mass is 599 g/mol. The highest BCUT2D eigenvalue weighted by molar-refractivity contribution is 6.33. The maximum atomic E-state index is 13.8. The van der Waals surface area contributed by atoms with E-state index in [9.17, 15) is 27.9 Å². The Hall–Kier alpha value is -3.67. The van der Waals surface area contributed by atoms with Gasteiger partial charge < -0.3 is 29.0 Å². The van der Waals surface area contributed by atoms with Crippen molar-refractivity contribution in [1.82, 2.24) is 0 Å². The molecule has 0 radical (unpaired) electrons. The van der Waals surface area contributed by atoms with Gasteiger partial charge in [-0.2, -0.15) is 0 Å². The lowest BCUT2D eigenvalue weighted by molar-refractivity contribution is -0.274. The number of carbonyl (C=O) groups excluding carboxylic acids is 1. The zero-order valence-electron chi connectivity index (χ0n) is 21.0. The van der Waals surface area contributed by atoms with Gasteiger partial charge in [-0.25, -0.2) is 0 Å². The molecule has 1 aliphatic rings. The van der Waals surface area contributed by atoms with Crippen molar-refractivity contribution in [2.75, 3.05) is 19.1 Å². The van der Waals surface area contributed by atoms with Crippen molar-refractivity contribution in [3.8, 4) is 17.2 Å². The molecule has 0 aliphatic carbocycles. The summed E-state index contributed by atoms with van der Waals surface area (Å²) >= 11 is 12.6. The summed E-state index contributed by atoms with van der Waals surface area (Å²) in [5.41, 5.74) is 1.12. The van der Waals surface area contributed by atoms with Crippen LogP contribution in [0.3, 0.4) is 0 Å². The Morgan fingerprint density at radius 2 is 1.77 bits per heavy atom. The predicted octanol–water partition coefficient (Wildman–Crippen LogP) is 6.41. The number of halogens is 5. The van der Waals surface area contributed by atoms with Crippen molar-refractivity contribution in [2.45, 2.75) is 31.5 Å². The van der Waals surface area contributed by atoms with Gasteiger partial charge in [-0.15, -0.1) is 13.2 Å². The summed E-state index contributed by atoms with van der Waals surface area (Å²) < 4.78 is 59.8. The molecular weight excluding hydrogens is 578 g/mol. The van der Waals surface area contributed by atoms with Crippen LogP contribution in [0, 0.1) is 0 Å². The van der Waals surface area contributed by atoms with Gasteiger partial charge >= 0.3 is 12.3 Å². The van der Waals surface area contributed by atoms with Crippen LogP contribution in [0.5, 0.6) is 17.2 Å². The van der Waals surface area contributed by atoms with E-state index in [1.165, 1.54) is 49.5 Å². The van der Waals surface area contributed by atoms with Crippen LogP contribution < -0.4 is 19.1 Å². The summed E-state index contributed by atoms with van der Waals surface area (Å²) in [6, 6.07) is 13.2. The lowest BCUT2D eigenvalue weighted by Crippen LogP contribution is -2.40. The Balaban J connectivity index is 1.89. The number of carboxylic acid groups (broad SMARTS) is 1. The molecule has 1 heterocycles. The van der Waals surface area contributed by atoms with Crippen molar-refractivity contribution in [2.24, 2.45) is 0 Å². The van der Waals surface area contributed by atoms with Gasteiger partial charge in [0.2, 0.25) is 0 Å². The van der Waals surface area contributed by atoms with E-state index in [0.717, 1.165) is 6.07 Å². The van der Waals surface area contributed by atoms with E-state index in [1.807, 2.05) is 0 Å². The largest absolute Gasteiger partial charge is 0.573 e. The molecule has 0 unspecified atom stereocenters. The van der Waals surface area contributed by atoms with Crippen LogP contribution in [0.2, 0.25) is 10.0 Å². The zero-order valence-corrected chi connectivity index (χ0v) is 22.5. The molecule has 0 aromatic heterocycles. The predicted molar refractivity (Wildman–Crippen MR) is 139 cm³/mol. The highest BCUT2D eigenvalue weighted by Gasteiger charge is 2.40. The van der Waals surface area contributed by atoms with Gasteiger partial charge in [0.05, 0.1) is 37.9 Å². The van der Waals surface area contributed by atoms with Crippen LogP contribution in [-0.4, -0.2) is 43.7 Å². The number of alkyl halides is 3. The molecule has 4 rings (SSSR count). The molecule has 0 saturated heterocycles. The standard InChI is InChI=1S/C27H22Cl2F3NO7/c1-37-16-8-6-14(21(11-16)38-2)13-33-19-9-7-15(28)10-18(19)25(39-22(26(33)36)12-23(34)35)17-4-3-5-20(24(17)29)40-27(30,31)32/h3-11,22,25H,12-13H2,1-2H3,(H,34,35)/t22-,25-/m0/s1. The number of amides is 1. The molecule has 1 N–H and O–H groups in total. The van der Waals surface area contributed by atoms with E-state index in [4.69, 9.17) is 37.4 Å². The molecule has 2 atom stereocenters. The van der Waals surface area contributed by atoms with Crippen LogP contribution >= 0.6 is 23.2 Å². The zero-order chi connectivity index (χ0) is 29.2. The third-order valence-corrected chi connectivity index (χ3v) is 6.73. The molecule has 40 heavy (non-hydrogen) atoms. The van der Waals surface area contributed by atoms with Crippen LogP contribution in [0.4, 0.5) is 18.9 Å². The van der Waals surface area contributed by atoms with E-state index < -0.39 is 47.6 Å². The average molecular weight is 600 g/mol. The molecule has 13 heteroatoms. The number of carbonyl (C=O) groups is 2. The fourth-order valence-corrected chi connectivity index (χ4v) is 4.80. The first-order valence-electron chi connectivity index (χ1n) is 11.6. The van der Waals surface area contributed by atoms with Gasteiger partial charge in [0.1, 0.15) is 29.5 Å². The van der Waals surface area contributed by atoms with E-state index in [-0.39, 0.29) is 28.4 Å². The van der Waals surface area contributed by atoms with Crippen LogP contribution in [0.15, 0.2) is 54.6 Å². The lowest BCUT2D eigenvalue weighted by Gasteiger charge is -2.26. The first-order chi connectivity index (χ1) is 18.9. The number of methoxy groups -OCH3 is 2. The summed E-state index contributed by atoms with van der Waals surface area (Å²) in [5, 5.41) is 9.36. The Bertz CT molecular complexity index is 1430. The Labute approximate surface area is 236 Å². The van der Waals surface area contributed by atoms with Crippen molar-refractivity contribution < 1.29 is 46.8 Å². The van der Waals surface area contributed by atoms with Gasteiger partial charge in [0, 0.05) is 27.8 Å². The normalized spacial score (nSPS) is 17.2. The summed E-state index contributed by atoms with van der Waals surface area (Å²) in [5.74, 6) is -1.81. The van der Waals surface area contributed by atoms with E-state index in [0.29, 0.717) is 17.1 Å². The molecule has 3 aromatic carbocycles. The van der Waals surface area contributed by atoms with Crippen LogP contribution in [0.1, 0.15) is 29.2 Å². The number of carboxylic acids is 1. The third-order valence-electron chi connectivity index (χ3n) is 6.09.